The second kappa shape index (κ2) is 6.40. The largest absolute Gasteiger partial charge is 0.457 e. The van der Waals surface area contributed by atoms with E-state index in [1.807, 2.05) is 67.6 Å². The van der Waals surface area contributed by atoms with E-state index in [1.165, 1.54) is 0 Å². The third-order valence-electron chi connectivity index (χ3n) is 4.61. The van der Waals surface area contributed by atoms with Crippen molar-refractivity contribution in [2.45, 2.75) is 13.5 Å². The van der Waals surface area contributed by atoms with Crippen LogP contribution < -0.4 is 0 Å². The fourth-order valence-electron chi connectivity index (χ4n) is 3.38. The molecule has 0 amide bonds. The van der Waals surface area contributed by atoms with Gasteiger partial charge in [-0.2, -0.15) is 0 Å². The van der Waals surface area contributed by atoms with E-state index >= 15 is 0 Å². The van der Waals surface area contributed by atoms with Gasteiger partial charge in [0.25, 0.3) is 0 Å². The molecule has 2 nitrogen and oxygen atoms in total. The molecule has 0 aliphatic carbocycles. The summed E-state index contributed by atoms with van der Waals surface area (Å²) < 4.78 is 5.61. The summed E-state index contributed by atoms with van der Waals surface area (Å²) in [6.07, 6.45) is 0. The maximum absolute atomic E-state index is 12.9. The van der Waals surface area contributed by atoms with Crippen molar-refractivity contribution in [1.82, 2.24) is 0 Å². The zero-order chi connectivity index (χ0) is 17.2. The Morgan fingerprint density at radius 3 is 1.92 bits per heavy atom. The quantitative estimate of drug-likeness (QED) is 0.359. The molecular weight excluding hydrogens is 308 g/mol. The first-order valence-corrected chi connectivity index (χ1v) is 8.37. The van der Waals surface area contributed by atoms with E-state index in [0.717, 1.165) is 32.7 Å². The first-order chi connectivity index (χ1) is 12.3. The molecule has 0 N–H and O–H groups in total. The molecule has 0 unspecified atom stereocenters. The van der Waals surface area contributed by atoms with E-state index in [-0.39, 0.29) is 12.6 Å². The number of hydrogen-bond donors (Lipinski definition) is 0. The second-order valence-electron chi connectivity index (χ2n) is 6.15. The van der Waals surface area contributed by atoms with Crippen LogP contribution in [-0.2, 0) is 11.3 Å². The zero-order valence-electron chi connectivity index (χ0n) is 14.0. The summed E-state index contributed by atoms with van der Waals surface area (Å²) in [6.45, 7) is 2.27. The molecule has 0 saturated heterocycles. The summed E-state index contributed by atoms with van der Waals surface area (Å²) in [7, 11) is 0. The van der Waals surface area contributed by atoms with E-state index in [1.54, 1.807) is 0 Å². The minimum Gasteiger partial charge on any atom is -0.457 e. The molecule has 25 heavy (non-hydrogen) atoms. The molecule has 0 aliphatic heterocycles. The van der Waals surface area contributed by atoms with Gasteiger partial charge in [-0.15, -0.1) is 0 Å². The SMILES string of the molecule is Cc1c(C(=O)OCc2ccccc2)c2ccccc2c2ccccc12. The van der Waals surface area contributed by atoms with Crippen LogP contribution >= 0.6 is 0 Å². The van der Waals surface area contributed by atoms with Crippen LogP contribution in [0.5, 0.6) is 0 Å². The summed E-state index contributed by atoms with van der Waals surface area (Å²) in [5, 5.41) is 4.27. The Hall–Kier alpha value is -3.13. The Morgan fingerprint density at radius 1 is 0.720 bits per heavy atom. The van der Waals surface area contributed by atoms with Gasteiger partial charge >= 0.3 is 5.97 Å². The molecule has 0 saturated carbocycles. The number of hydrogen-bond acceptors (Lipinski definition) is 2. The molecule has 0 bridgehead atoms. The van der Waals surface area contributed by atoms with Gasteiger partial charge in [-0.25, -0.2) is 4.79 Å². The normalized spacial score (nSPS) is 10.9. The summed E-state index contributed by atoms with van der Waals surface area (Å²) in [5.41, 5.74) is 2.61. The molecule has 0 atom stereocenters. The molecule has 0 fully saturated rings. The summed E-state index contributed by atoms with van der Waals surface area (Å²) in [4.78, 5) is 12.9. The fraction of sp³-hybridized carbons (Fsp3) is 0.0870. The molecule has 0 heterocycles. The minimum atomic E-state index is -0.275. The number of carbonyl (C=O) groups excluding carboxylic acids is 1. The van der Waals surface area contributed by atoms with Gasteiger partial charge in [-0.3, -0.25) is 0 Å². The minimum absolute atomic E-state index is 0.275. The van der Waals surface area contributed by atoms with E-state index in [4.69, 9.17) is 4.74 Å². The molecule has 0 radical (unpaired) electrons. The van der Waals surface area contributed by atoms with Gasteiger partial charge in [0, 0.05) is 0 Å². The number of rotatable bonds is 3. The number of esters is 1. The Kier molecular flexibility index (Phi) is 3.95. The van der Waals surface area contributed by atoms with Crippen LogP contribution in [0.3, 0.4) is 0 Å². The van der Waals surface area contributed by atoms with Crippen molar-refractivity contribution in [1.29, 1.82) is 0 Å². The van der Waals surface area contributed by atoms with Crippen molar-refractivity contribution in [2.24, 2.45) is 0 Å². The lowest BCUT2D eigenvalue weighted by Gasteiger charge is -2.14. The Morgan fingerprint density at radius 2 is 1.24 bits per heavy atom. The number of ether oxygens (including phenoxy) is 1. The number of benzene rings is 4. The predicted molar refractivity (Wildman–Crippen MR) is 102 cm³/mol. The van der Waals surface area contributed by atoms with E-state index in [9.17, 15) is 4.79 Å². The summed E-state index contributed by atoms with van der Waals surface area (Å²) >= 11 is 0. The Balaban J connectivity index is 1.82. The van der Waals surface area contributed by atoms with Crippen LogP contribution in [-0.4, -0.2) is 5.97 Å². The molecule has 122 valence electrons. The van der Waals surface area contributed by atoms with Gasteiger partial charge in [0.2, 0.25) is 0 Å². The molecule has 2 heteroatoms. The predicted octanol–water partition coefficient (Wildman–Crippen LogP) is 5.66. The van der Waals surface area contributed by atoms with Crippen LogP contribution in [0.4, 0.5) is 0 Å². The van der Waals surface area contributed by atoms with E-state index in [2.05, 4.69) is 18.2 Å². The highest BCUT2D eigenvalue weighted by atomic mass is 16.5. The number of aryl methyl sites for hydroxylation is 1. The lowest BCUT2D eigenvalue weighted by atomic mass is 9.92. The summed E-state index contributed by atoms with van der Waals surface area (Å²) in [5.74, 6) is -0.275. The number of carbonyl (C=O) groups is 1. The van der Waals surface area contributed by atoms with E-state index < -0.39 is 0 Å². The smallest absolute Gasteiger partial charge is 0.339 e. The first kappa shape index (κ1) is 15.4. The molecule has 4 aromatic carbocycles. The third kappa shape index (κ3) is 2.76. The maximum atomic E-state index is 12.9. The van der Waals surface area contributed by atoms with Crippen molar-refractivity contribution in [3.8, 4) is 0 Å². The third-order valence-corrected chi connectivity index (χ3v) is 4.61. The fourth-order valence-corrected chi connectivity index (χ4v) is 3.38. The molecule has 4 aromatic rings. The monoisotopic (exact) mass is 326 g/mol. The van der Waals surface area contributed by atoms with Gasteiger partial charge < -0.3 is 4.74 Å². The lowest BCUT2D eigenvalue weighted by molar-refractivity contribution is 0.0474. The van der Waals surface area contributed by atoms with Crippen molar-refractivity contribution < 1.29 is 9.53 Å². The van der Waals surface area contributed by atoms with Crippen LogP contribution in [0, 0.1) is 6.92 Å². The van der Waals surface area contributed by atoms with Crippen molar-refractivity contribution in [3.63, 3.8) is 0 Å². The zero-order valence-corrected chi connectivity index (χ0v) is 14.0. The average molecular weight is 326 g/mol. The lowest BCUT2D eigenvalue weighted by Crippen LogP contribution is -2.08. The van der Waals surface area contributed by atoms with Crippen molar-refractivity contribution >= 4 is 27.5 Å². The maximum Gasteiger partial charge on any atom is 0.339 e. The van der Waals surface area contributed by atoms with Gasteiger partial charge in [0.1, 0.15) is 6.61 Å². The van der Waals surface area contributed by atoms with E-state index in [0.29, 0.717) is 5.56 Å². The second-order valence-corrected chi connectivity index (χ2v) is 6.15. The molecular formula is C23H18O2. The van der Waals surface area contributed by atoms with Gasteiger partial charge in [0.05, 0.1) is 5.56 Å². The van der Waals surface area contributed by atoms with Crippen molar-refractivity contribution in [2.75, 3.05) is 0 Å². The van der Waals surface area contributed by atoms with Gasteiger partial charge in [0.15, 0.2) is 0 Å². The molecule has 4 rings (SSSR count). The average Bonchev–Trinajstić information content (AvgIpc) is 2.67. The Bertz CT molecular complexity index is 1070. The topological polar surface area (TPSA) is 26.3 Å². The van der Waals surface area contributed by atoms with Crippen LogP contribution in [0.15, 0.2) is 78.9 Å². The molecule has 0 aliphatic rings. The Labute approximate surface area is 146 Å². The van der Waals surface area contributed by atoms with Crippen LogP contribution in [0.25, 0.3) is 21.5 Å². The molecule has 0 spiro atoms. The highest BCUT2D eigenvalue weighted by molar-refractivity contribution is 6.17. The highest BCUT2D eigenvalue weighted by Crippen LogP contribution is 2.32. The molecule has 0 aromatic heterocycles. The highest BCUT2D eigenvalue weighted by Gasteiger charge is 2.18. The standard InChI is InChI=1S/C23H18O2/c1-16-18-11-5-6-12-19(18)20-13-7-8-14-21(20)22(16)23(24)25-15-17-9-3-2-4-10-17/h2-14H,15H2,1H3. The summed E-state index contributed by atoms with van der Waals surface area (Å²) in [6, 6.07) is 26.0. The van der Waals surface area contributed by atoms with Crippen LogP contribution in [0.2, 0.25) is 0 Å². The van der Waals surface area contributed by atoms with Gasteiger partial charge in [-0.05, 0) is 39.6 Å². The number of fused-ring (bicyclic) bond motifs is 3. The van der Waals surface area contributed by atoms with Gasteiger partial charge in [-0.1, -0.05) is 78.9 Å². The first-order valence-electron chi connectivity index (χ1n) is 8.37. The van der Waals surface area contributed by atoms with Crippen LogP contribution in [0.1, 0.15) is 21.5 Å². The van der Waals surface area contributed by atoms with Crippen molar-refractivity contribution in [3.05, 3.63) is 95.6 Å².